The van der Waals surface area contributed by atoms with E-state index >= 15 is 0 Å². The van der Waals surface area contributed by atoms with Crippen LogP contribution in [0.3, 0.4) is 0 Å². The molecule has 1 atom stereocenters. The van der Waals surface area contributed by atoms with E-state index in [2.05, 4.69) is 61.5 Å². The summed E-state index contributed by atoms with van der Waals surface area (Å²) in [4.78, 5) is 14.7. The lowest BCUT2D eigenvalue weighted by Crippen LogP contribution is -2.44. The van der Waals surface area contributed by atoms with Crippen LogP contribution < -0.4 is 20.3 Å². The molecule has 2 heterocycles. The molecule has 36 heavy (non-hydrogen) atoms. The minimum Gasteiger partial charge on any atom is -0.369 e. The van der Waals surface area contributed by atoms with Gasteiger partial charge < -0.3 is 20.4 Å². The van der Waals surface area contributed by atoms with E-state index < -0.39 is 11.0 Å². The summed E-state index contributed by atoms with van der Waals surface area (Å²) in [6.45, 7) is 6.24. The first kappa shape index (κ1) is 24.7. The van der Waals surface area contributed by atoms with E-state index in [-0.39, 0.29) is 0 Å². The Balaban J connectivity index is 1.24. The summed E-state index contributed by atoms with van der Waals surface area (Å²) >= 11 is 0. The molecule has 0 bridgehead atoms. The Kier molecular flexibility index (Phi) is 7.79. The number of nitrogens with one attached hydrogen (secondary N) is 3. The first-order valence-corrected chi connectivity index (χ1v) is 13.9. The summed E-state index contributed by atoms with van der Waals surface area (Å²) in [6, 6.07) is 16.5. The smallest absolute Gasteiger partial charge is 0.229 e. The van der Waals surface area contributed by atoms with Crippen LogP contribution in [0.5, 0.6) is 0 Å². The topological polar surface area (TPSA) is 85.4 Å². The standard InChI is InChI=1S/C27H35N7OS/c1-20-19-28-27(30-21-10-12-24(13-11-21)34-16-14-33(2)15-17-34)31-26(20)29-23-8-5-9-25(18-23)36(35)32-22-6-3-4-7-22/h5,8-13,18-19,22,32H,3-4,6-7,14-17H2,1-2H3,(H2,28,29,30,31). The number of hydrogen-bond donors (Lipinski definition) is 3. The molecule has 1 saturated carbocycles. The van der Waals surface area contributed by atoms with E-state index in [1.165, 1.54) is 18.5 Å². The molecule has 1 saturated heterocycles. The van der Waals surface area contributed by atoms with Gasteiger partial charge in [-0.15, -0.1) is 0 Å². The van der Waals surface area contributed by atoms with E-state index in [1.807, 2.05) is 31.2 Å². The second kappa shape index (κ2) is 11.4. The molecule has 5 rings (SSSR count). The fourth-order valence-corrected chi connectivity index (χ4v) is 5.78. The van der Waals surface area contributed by atoms with Crippen LogP contribution in [0.2, 0.25) is 0 Å². The molecule has 0 amide bonds. The number of piperazine rings is 1. The fourth-order valence-electron chi connectivity index (χ4n) is 4.67. The maximum Gasteiger partial charge on any atom is 0.229 e. The molecule has 1 aliphatic heterocycles. The SMILES string of the molecule is Cc1cnc(Nc2ccc(N3CCN(C)CC3)cc2)nc1Nc1cccc(S(=O)NC2CCCC2)c1. The summed E-state index contributed by atoms with van der Waals surface area (Å²) in [5.41, 5.74) is 3.96. The van der Waals surface area contributed by atoms with Crippen molar-refractivity contribution in [3.05, 3.63) is 60.3 Å². The lowest BCUT2D eigenvalue weighted by Gasteiger charge is -2.34. The molecular formula is C27H35N7OS. The summed E-state index contributed by atoms with van der Waals surface area (Å²) in [7, 11) is 0.943. The molecule has 1 unspecified atom stereocenters. The van der Waals surface area contributed by atoms with Crippen LogP contribution in [0.25, 0.3) is 0 Å². The molecule has 8 nitrogen and oxygen atoms in total. The second-order valence-electron chi connectivity index (χ2n) is 9.71. The van der Waals surface area contributed by atoms with E-state index in [1.54, 1.807) is 6.20 Å². The van der Waals surface area contributed by atoms with Gasteiger partial charge in [-0.2, -0.15) is 4.98 Å². The zero-order valence-electron chi connectivity index (χ0n) is 21.0. The second-order valence-corrected chi connectivity index (χ2v) is 11.0. The molecule has 1 aromatic heterocycles. The van der Waals surface area contributed by atoms with Gasteiger partial charge in [0, 0.05) is 61.0 Å². The van der Waals surface area contributed by atoms with Crippen LogP contribution in [0.4, 0.5) is 28.8 Å². The van der Waals surface area contributed by atoms with Crippen molar-refractivity contribution in [1.82, 2.24) is 19.6 Å². The van der Waals surface area contributed by atoms with Crippen molar-refractivity contribution in [2.75, 3.05) is 48.8 Å². The summed E-state index contributed by atoms with van der Waals surface area (Å²) in [5.74, 6) is 1.24. The van der Waals surface area contributed by atoms with Crippen LogP contribution in [-0.2, 0) is 11.0 Å². The fraction of sp³-hybridized carbons (Fsp3) is 0.407. The lowest BCUT2D eigenvalue weighted by molar-refractivity contribution is 0.313. The quantitative estimate of drug-likeness (QED) is 0.413. The molecule has 9 heteroatoms. The highest BCUT2D eigenvalue weighted by molar-refractivity contribution is 7.83. The van der Waals surface area contributed by atoms with Gasteiger partial charge in [0.1, 0.15) is 16.8 Å². The Labute approximate surface area is 216 Å². The molecule has 190 valence electrons. The first-order valence-electron chi connectivity index (χ1n) is 12.7. The minimum absolute atomic E-state index is 0.343. The van der Waals surface area contributed by atoms with Crippen LogP contribution in [0.15, 0.2) is 59.6 Å². The number of hydrogen-bond acceptors (Lipinski definition) is 7. The normalized spacial score (nSPS) is 17.8. The van der Waals surface area contributed by atoms with Crippen LogP contribution in [0, 0.1) is 6.92 Å². The third-order valence-corrected chi connectivity index (χ3v) is 8.13. The third-order valence-electron chi connectivity index (χ3n) is 6.90. The van der Waals surface area contributed by atoms with Gasteiger partial charge in [-0.1, -0.05) is 18.9 Å². The van der Waals surface area contributed by atoms with Crippen molar-refractivity contribution in [2.45, 2.75) is 43.5 Å². The summed E-state index contributed by atoms with van der Waals surface area (Å²) in [6.07, 6.45) is 6.41. The van der Waals surface area contributed by atoms with E-state index in [0.29, 0.717) is 17.8 Å². The van der Waals surface area contributed by atoms with Crippen molar-refractivity contribution in [2.24, 2.45) is 0 Å². The van der Waals surface area contributed by atoms with Gasteiger partial charge in [0.2, 0.25) is 5.95 Å². The van der Waals surface area contributed by atoms with Crippen molar-refractivity contribution in [1.29, 1.82) is 0 Å². The number of aryl methyl sites for hydroxylation is 1. The lowest BCUT2D eigenvalue weighted by atomic mass is 10.2. The Hall–Kier alpha value is -3.01. The molecule has 0 radical (unpaired) electrons. The highest BCUT2D eigenvalue weighted by Gasteiger charge is 2.18. The van der Waals surface area contributed by atoms with Crippen LogP contribution in [0.1, 0.15) is 31.2 Å². The maximum absolute atomic E-state index is 12.8. The summed E-state index contributed by atoms with van der Waals surface area (Å²) < 4.78 is 16.1. The number of aromatic nitrogens is 2. The average molecular weight is 506 g/mol. The predicted octanol–water partition coefficient (Wildman–Crippen LogP) is 4.58. The van der Waals surface area contributed by atoms with Gasteiger partial charge in [-0.05, 0) is 69.3 Å². The van der Waals surface area contributed by atoms with E-state index in [4.69, 9.17) is 4.98 Å². The minimum atomic E-state index is -1.22. The molecule has 2 aliphatic rings. The number of nitrogens with zero attached hydrogens (tertiary/aromatic N) is 4. The Morgan fingerprint density at radius 3 is 2.44 bits per heavy atom. The third kappa shape index (κ3) is 6.21. The van der Waals surface area contributed by atoms with Gasteiger partial charge >= 0.3 is 0 Å². The number of benzene rings is 2. The summed E-state index contributed by atoms with van der Waals surface area (Å²) in [5, 5.41) is 6.70. The Morgan fingerprint density at radius 1 is 0.944 bits per heavy atom. The Morgan fingerprint density at radius 2 is 1.69 bits per heavy atom. The highest BCUT2D eigenvalue weighted by Crippen LogP contribution is 2.25. The van der Waals surface area contributed by atoms with E-state index in [0.717, 1.165) is 60.9 Å². The van der Waals surface area contributed by atoms with Crippen LogP contribution in [-0.4, -0.2) is 58.3 Å². The molecular weight excluding hydrogens is 470 g/mol. The van der Waals surface area contributed by atoms with Gasteiger partial charge in [-0.3, -0.25) is 0 Å². The van der Waals surface area contributed by atoms with Gasteiger partial charge in [0.15, 0.2) is 0 Å². The molecule has 3 aromatic rings. The van der Waals surface area contributed by atoms with Crippen molar-refractivity contribution in [3.8, 4) is 0 Å². The van der Waals surface area contributed by atoms with Crippen molar-refractivity contribution >= 4 is 39.8 Å². The maximum atomic E-state index is 12.8. The van der Waals surface area contributed by atoms with Gasteiger partial charge in [0.05, 0.1) is 4.90 Å². The highest BCUT2D eigenvalue weighted by atomic mass is 32.2. The van der Waals surface area contributed by atoms with Gasteiger partial charge in [0.25, 0.3) is 0 Å². The largest absolute Gasteiger partial charge is 0.369 e. The molecule has 1 aliphatic carbocycles. The predicted molar refractivity (Wildman–Crippen MR) is 148 cm³/mol. The Bertz CT molecular complexity index is 1190. The monoisotopic (exact) mass is 505 g/mol. The van der Waals surface area contributed by atoms with E-state index in [9.17, 15) is 4.21 Å². The zero-order valence-corrected chi connectivity index (χ0v) is 21.9. The number of anilines is 5. The molecule has 2 aromatic carbocycles. The first-order chi connectivity index (χ1) is 17.5. The molecule has 0 spiro atoms. The van der Waals surface area contributed by atoms with Crippen molar-refractivity contribution in [3.63, 3.8) is 0 Å². The average Bonchev–Trinajstić information content (AvgIpc) is 3.40. The van der Waals surface area contributed by atoms with Crippen molar-refractivity contribution < 1.29 is 4.21 Å². The molecule has 3 N–H and O–H groups in total. The number of likely N-dealkylation sites (N-methyl/N-ethyl adjacent to an activating group) is 1. The van der Waals surface area contributed by atoms with Gasteiger partial charge in [-0.25, -0.2) is 13.9 Å². The van der Waals surface area contributed by atoms with Crippen LogP contribution >= 0.6 is 0 Å². The number of rotatable bonds is 8. The zero-order chi connectivity index (χ0) is 24.9. The molecule has 2 fully saturated rings.